The van der Waals surface area contributed by atoms with Crippen molar-refractivity contribution in [2.75, 3.05) is 32.3 Å². The topological polar surface area (TPSA) is 90.0 Å². The lowest BCUT2D eigenvalue weighted by atomic mass is 10.1. The molecule has 7 nitrogen and oxygen atoms in total. The molecule has 1 aromatic rings. The summed E-state index contributed by atoms with van der Waals surface area (Å²) in [5.41, 5.74) is 0.721. The fourth-order valence-electron chi connectivity index (χ4n) is 2.96. The van der Waals surface area contributed by atoms with Gasteiger partial charge < -0.3 is 14.4 Å². The summed E-state index contributed by atoms with van der Waals surface area (Å²) in [7, 11) is -0.328. The standard InChI is InChI=1S/C17H23NO6S/c1-23-15-6-4-3-5-13(15)11-16(19)18(9-7-17(20)24-2)14-8-10-25(21,22)12-14/h3-6,14H,7-12H2,1-2H3/t14-/m1/s1. The van der Waals surface area contributed by atoms with Gasteiger partial charge >= 0.3 is 5.97 Å². The van der Waals surface area contributed by atoms with Gasteiger partial charge in [0.1, 0.15) is 5.75 Å². The fourth-order valence-corrected chi connectivity index (χ4v) is 4.69. The van der Waals surface area contributed by atoms with E-state index in [1.807, 2.05) is 12.1 Å². The molecule has 0 radical (unpaired) electrons. The zero-order chi connectivity index (χ0) is 18.4. The van der Waals surface area contributed by atoms with Crippen molar-refractivity contribution < 1.29 is 27.5 Å². The maximum atomic E-state index is 12.8. The van der Waals surface area contributed by atoms with E-state index < -0.39 is 21.8 Å². The first kappa shape index (κ1) is 19.2. The molecule has 0 N–H and O–H groups in total. The Labute approximate surface area is 147 Å². The molecule has 138 valence electrons. The van der Waals surface area contributed by atoms with Crippen LogP contribution in [0.3, 0.4) is 0 Å². The number of hydrogen-bond donors (Lipinski definition) is 0. The summed E-state index contributed by atoms with van der Waals surface area (Å²) in [4.78, 5) is 25.7. The number of hydrogen-bond acceptors (Lipinski definition) is 6. The second kappa shape index (κ2) is 8.33. The number of sulfone groups is 1. The Morgan fingerprint density at radius 2 is 1.96 bits per heavy atom. The van der Waals surface area contributed by atoms with Crippen LogP contribution in [-0.2, 0) is 30.6 Å². The molecule has 1 fully saturated rings. The Kier molecular flexibility index (Phi) is 6.41. The lowest BCUT2D eigenvalue weighted by molar-refractivity contribution is -0.142. The lowest BCUT2D eigenvalue weighted by Crippen LogP contribution is -2.43. The number of nitrogens with zero attached hydrogens (tertiary/aromatic N) is 1. The maximum absolute atomic E-state index is 12.8. The number of para-hydroxylation sites is 1. The molecule has 1 aliphatic rings. The quantitative estimate of drug-likeness (QED) is 0.661. The van der Waals surface area contributed by atoms with Crippen LogP contribution in [0.4, 0.5) is 0 Å². The van der Waals surface area contributed by atoms with Crippen molar-refractivity contribution in [3.63, 3.8) is 0 Å². The van der Waals surface area contributed by atoms with Crippen molar-refractivity contribution in [1.82, 2.24) is 4.90 Å². The Balaban J connectivity index is 2.15. The molecule has 0 bridgehead atoms. The largest absolute Gasteiger partial charge is 0.496 e. The number of carbonyl (C=O) groups is 2. The van der Waals surface area contributed by atoms with Gasteiger partial charge in [0, 0.05) is 18.2 Å². The summed E-state index contributed by atoms with van der Waals surface area (Å²) in [6, 6.07) is 6.77. The van der Waals surface area contributed by atoms with Gasteiger partial charge in [0.15, 0.2) is 9.84 Å². The van der Waals surface area contributed by atoms with Gasteiger partial charge in [-0.3, -0.25) is 9.59 Å². The number of benzene rings is 1. The van der Waals surface area contributed by atoms with E-state index in [0.717, 1.165) is 5.56 Å². The molecule has 1 saturated heterocycles. The number of rotatable bonds is 7. The van der Waals surface area contributed by atoms with Crippen LogP contribution in [0, 0.1) is 0 Å². The SMILES string of the molecule is COC(=O)CCN(C(=O)Cc1ccccc1OC)[C@@H]1CCS(=O)(=O)C1. The molecule has 0 saturated carbocycles. The van der Waals surface area contributed by atoms with E-state index in [1.165, 1.54) is 19.1 Å². The minimum atomic E-state index is -3.14. The third-order valence-corrected chi connectivity index (χ3v) is 6.04. The highest BCUT2D eigenvalue weighted by Crippen LogP contribution is 2.22. The Morgan fingerprint density at radius 1 is 1.24 bits per heavy atom. The first-order chi connectivity index (χ1) is 11.9. The summed E-state index contributed by atoms with van der Waals surface area (Å²) in [5.74, 6) is -0.0607. The highest BCUT2D eigenvalue weighted by Gasteiger charge is 2.34. The van der Waals surface area contributed by atoms with E-state index >= 15 is 0 Å². The molecule has 2 rings (SSSR count). The molecule has 8 heteroatoms. The Hall–Kier alpha value is -2.09. The van der Waals surface area contributed by atoms with E-state index in [1.54, 1.807) is 12.1 Å². The van der Waals surface area contributed by atoms with Gasteiger partial charge in [0.25, 0.3) is 0 Å². The van der Waals surface area contributed by atoms with E-state index in [-0.39, 0.29) is 36.8 Å². The highest BCUT2D eigenvalue weighted by molar-refractivity contribution is 7.91. The Bertz CT molecular complexity index is 730. The molecule has 1 amide bonds. The van der Waals surface area contributed by atoms with Crippen LogP contribution >= 0.6 is 0 Å². The van der Waals surface area contributed by atoms with Crippen molar-refractivity contribution >= 4 is 21.7 Å². The molecule has 0 aliphatic carbocycles. The predicted molar refractivity (Wildman–Crippen MR) is 92.1 cm³/mol. The third-order valence-electron chi connectivity index (χ3n) is 4.29. The molecular weight excluding hydrogens is 346 g/mol. The fraction of sp³-hybridized carbons (Fsp3) is 0.529. The van der Waals surface area contributed by atoms with Gasteiger partial charge in [0.2, 0.25) is 5.91 Å². The third kappa shape index (κ3) is 5.19. The predicted octanol–water partition coefficient (Wildman–Crippen LogP) is 0.816. The smallest absolute Gasteiger partial charge is 0.307 e. The number of amides is 1. The minimum absolute atomic E-state index is 0.0325. The number of carbonyl (C=O) groups excluding carboxylic acids is 2. The molecule has 1 aliphatic heterocycles. The number of esters is 1. The molecule has 0 spiro atoms. The number of ether oxygens (including phenoxy) is 2. The van der Waals surface area contributed by atoms with E-state index in [2.05, 4.69) is 4.74 Å². The second-order valence-electron chi connectivity index (χ2n) is 5.96. The van der Waals surface area contributed by atoms with Gasteiger partial charge in [-0.1, -0.05) is 18.2 Å². The zero-order valence-corrected chi connectivity index (χ0v) is 15.3. The van der Waals surface area contributed by atoms with E-state index in [0.29, 0.717) is 12.2 Å². The van der Waals surface area contributed by atoms with Crippen LogP contribution in [0.1, 0.15) is 18.4 Å². The molecule has 25 heavy (non-hydrogen) atoms. The van der Waals surface area contributed by atoms with Gasteiger partial charge in [-0.15, -0.1) is 0 Å². The summed E-state index contributed by atoms with van der Waals surface area (Å²) < 4.78 is 33.4. The van der Waals surface area contributed by atoms with Gasteiger partial charge in [-0.2, -0.15) is 0 Å². The van der Waals surface area contributed by atoms with Crippen LogP contribution < -0.4 is 4.74 Å². The van der Waals surface area contributed by atoms with Gasteiger partial charge in [0.05, 0.1) is 38.6 Å². The molecule has 1 heterocycles. The van der Waals surface area contributed by atoms with Crippen molar-refractivity contribution in [2.45, 2.75) is 25.3 Å². The summed E-state index contributed by atoms with van der Waals surface area (Å²) in [6.45, 7) is 0.140. The lowest BCUT2D eigenvalue weighted by Gasteiger charge is -2.28. The van der Waals surface area contributed by atoms with Crippen molar-refractivity contribution in [2.24, 2.45) is 0 Å². The zero-order valence-electron chi connectivity index (χ0n) is 14.4. The first-order valence-electron chi connectivity index (χ1n) is 8.05. The summed E-state index contributed by atoms with van der Waals surface area (Å²) in [5, 5.41) is 0. The van der Waals surface area contributed by atoms with E-state index in [9.17, 15) is 18.0 Å². The van der Waals surface area contributed by atoms with Crippen LogP contribution in [0.2, 0.25) is 0 Å². The van der Waals surface area contributed by atoms with Crippen LogP contribution in [0.15, 0.2) is 24.3 Å². The minimum Gasteiger partial charge on any atom is -0.496 e. The van der Waals surface area contributed by atoms with Crippen molar-refractivity contribution in [1.29, 1.82) is 0 Å². The maximum Gasteiger partial charge on any atom is 0.307 e. The molecule has 1 atom stereocenters. The van der Waals surface area contributed by atoms with Gasteiger partial charge in [-0.25, -0.2) is 8.42 Å². The molecule has 0 unspecified atom stereocenters. The summed E-state index contributed by atoms with van der Waals surface area (Å²) >= 11 is 0. The number of methoxy groups -OCH3 is 2. The molecular formula is C17H23NO6S. The van der Waals surface area contributed by atoms with Crippen molar-refractivity contribution in [3.8, 4) is 5.75 Å². The molecule has 0 aromatic heterocycles. The monoisotopic (exact) mass is 369 g/mol. The van der Waals surface area contributed by atoms with Crippen molar-refractivity contribution in [3.05, 3.63) is 29.8 Å². The van der Waals surface area contributed by atoms with Crippen LogP contribution in [0.5, 0.6) is 5.75 Å². The first-order valence-corrected chi connectivity index (χ1v) is 9.87. The average molecular weight is 369 g/mol. The van der Waals surface area contributed by atoms with Crippen LogP contribution in [-0.4, -0.2) is 63.5 Å². The Morgan fingerprint density at radius 3 is 2.56 bits per heavy atom. The second-order valence-corrected chi connectivity index (χ2v) is 8.19. The van der Waals surface area contributed by atoms with Gasteiger partial charge in [-0.05, 0) is 12.5 Å². The average Bonchev–Trinajstić information content (AvgIpc) is 2.95. The van der Waals surface area contributed by atoms with E-state index in [4.69, 9.17) is 4.74 Å². The summed E-state index contributed by atoms with van der Waals surface area (Å²) in [6.07, 6.45) is 0.508. The highest BCUT2D eigenvalue weighted by atomic mass is 32.2. The normalized spacial score (nSPS) is 18.6. The molecule has 1 aromatic carbocycles. The van der Waals surface area contributed by atoms with Crippen LogP contribution in [0.25, 0.3) is 0 Å².